The van der Waals surface area contributed by atoms with Gasteiger partial charge in [-0.3, -0.25) is 4.68 Å². The zero-order chi connectivity index (χ0) is 11.6. The molecule has 0 aromatic carbocycles. The summed E-state index contributed by atoms with van der Waals surface area (Å²) in [5.41, 5.74) is 0. The monoisotopic (exact) mass is 226 g/mol. The molecular formula is C10H18N4O2. The van der Waals surface area contributed by atoms with E-state index in [4.69, 9.17) is 9.47 Å². The molecule has 0 atom stereocenters. The molecule has 1 aromatic rings. The van der Waals surface area contributed by atoms with Crippen LogP contribution in [0, 0.1) is 0 Å². The van der Waals surface area contributed by atoms with E-state index in [1.165, 1.54) is 0 Å². The molecule has 6 heteroatoms. The van der Waals surface area contributed by atoms with Crippen molar-refractivity contribution in [1.29, 1.82) is 0 Å². The summed E-state index contributed by atoms with van der Waals surface area (Å²) < 4.78 is 12.8. The summed E-state index contributed by atoms with van der Waals surface area (Å²) >= 11 is 0. The van der Waals surface area contributed by atoms with E-state index < -0.39 is 5.79 Å². The molecular weight excluding hydrogens is 208 g/mol. The van der Waals surface area contributed by atoms with Crippen LogP contribution in [0.4, 0.5) is 0 Å². The van der Waals surface area contributed by atoms with Crippen molar-refractivity contribution in [2.24, 2.45) is 7.05 Å². The van der Waals surface area contributed by atoms with Crippen LogP contribution in [-0.2, 0) is 23.1 Å². The lowest BCUT2D eigenvalue weighted by Gasteiger charge is -2.35. The van der Waals surface area contributed by atoms with Crippen LogP contribution < -0.4 is 5.32 Å². The predicted octanol–water partition coefficient (Wildman–Crippen LogP) is 0.0562. The summed E-state index contributed by atoms with van der Waals surface area (Å²) in [6.45, 7) is 5.78. The van der Waals surface area contributed by atoms with Gasteiger partial charge in [0.2, 0.25) is 0 Å². The summed E-state index contributed by atoms with van der Waals surface area (Å²) in [6, 6.07) is 0.205. The van der Waals surface area contributed by atoms with Crippen LogP contribution in [0.3, 0.4) is 0 Å². The van der Waals surface area contributed by atoms with Crippen LogP contribution in [0.25, 0.3) is 0 Å². The lowest BCUT2D eigenvalue weighted by atomic mass is 10.2. The van der Waals surface area contributed by atoms with Gasteiger partial charge in [0.05, 0.1) is 25.8 Å². The fraction of sp³-hybridized carbons (Fsp3) is 0.800. The van der Waals surface area contributed by atoms with E-state index in [1.54, 1.807) is 11.0 Å². The van der Waals surface area contributed by atoms with Crippen molar-refractivity contribution in [2.45, 2.75) is 32.2 Å². The first-order valence-corrected chi connectivity index (χ1v) is 5.41. The zero-order valence-electron chi connectivity index (χ0n) is 9.93. The van der Waals surface area contributed by atoms with Gasteiger partial charge in [0.1, 0.15) is 6.33 Å². The highest BCUT2D eigenvalue weighted by molar-refractivity contribution is 4.83. The van der Waals surface area contributed by atoms with Crippen LogP contribution in [0.1, 0.15) is 19.7 Å². The van der Waals surface area contributed by atoms with Crippen molar-refractivity contribution in [1.82, 2.24) is 20.1 Å². The Morgan fingerprint density at radius 3 is 2.75 bits per heavy atom. The second kappa shape index (κ2) is 4.48. The van der Waals surface area contributed by atoms with Gasteiger partial charge in [-0.1, -0.05) is 0 Å². The molecule has 90 valence electrons. The Bertz CT molecular complexity index is 340. The third-order valence-corrected chi connectivity index (χ3v) is 2.46. The molecule has 16 heavy (non-hydrogen) atoms. The molecule has 1 saturated heterocycles. The lowest BCUT2D eigenvalue weighted by Crippen LogP contribution is -2.48. The number of hydrogen-bond donors (Lipinski definition) is 1. The number of rotatable bonds is 3. The van der Waals surface area contributed by atoms with Crippen molar-refractivity contribution >= 4 is 0 Å². The molecule has 6 nitrogen and oxygen atoms in total. The Labute approximate surface area is 94.9 Å². The van der Waals surface area contributed by atoms with Gasteiger partial charge in [0.25, 0.3) is 0 Å². The van der Waals surface area contributed by atoms with Gasteiger partial charge >= 0.3 is 0 Å². The Hall–Kier alpha value is -0.980. The maximum absolute atomic E-state index is 5.54. The molecule has 1 fully saturated rings. The van der Waals surface area contributed by atoms with Crippen molar-refractivity contribution in [3.63, 3.8) is 0 Å². The van der Waals surface area contributed by atoms with E-state index in [0.717, 1.165) is 5.82 Å². The maximum Gasteiger partial charge on any atom is 0.164 e. The number of aryl methyl sites for hydroxylation is 1. The minimum Gasteiger partial charge on any atom is -0.349 e. The van der Waals surface area contributed by atoms with Gasteiger partial charge in [0, 0.05) is 7.05 Å². The SMILES string of the molecule is Cn1cnc(CNC2COC(C)(C)OC2)n1. The number of aromatic nitrogens is 3. The second-order valence-corrected chi connectivity index (χ2v) is 4.43. The largest absolute Gasteiger partial charge is 0.349 e. The Balaban J connectivity index is 1.75. The summed E-state index contributed by atoms with van der Waals surface area (Å²) in [4.78, 5) is 4.14. The molecule has 1 N–H and O–H groups in total. The summed E-state index contributed by atoms with van der Waals surface area (Å²) in [5.74, 6) is 0.328. The topological polar surface area (TPSA) is 61.2 Å². The Kier molecular flexibility index (Phi) is 3.22. The molecule has 0 amide bonds. The minimum atomic E-state index is -0.457. The van der Waals surface area contributed by atoms with Crippen LogP contribution >= 0.6 is 0 Å². The van der Waals surface area contributed by atoms with Crippen molar-refractivity contribution in [3.8, 4) is 0 Å². The van der Waals surface area contributed by atoms with Gasteiger partial charge in [0.15, 0.2) is 11.6 Å². The van der Waals surface area contributed by atoms with E-state index >= 15 is 0 Å². The Morgan fingerprint density at radius 1 is 1.50 bits per heavy atom. The van der Waals surface area contributed by atoms with E-state index in [9.17, 15) is 0 Å². The van der Waals surface area contributed by atoms with Gasteiger partial charge < -0.3 is 14.8 Å². The minimum absolute atomic E-state index is 0.205. The van der Waals surface area contributed by atoms with E-state index in [1.807, 2.05) is 20.9 Å². The van der Waals surface area contributed by atoms with Crippen LogP contribution in [-0.4, -0.2) is 39.8 Å². The number of nitrogens with zero attached hydrogens (tertiary/aromatic N) is 3. The highest BCUT2D eigenvalue weighted by atomic mass is 16.7. The molecule has 2 rings (SSSR count). The highest BCUT2D eigenvalue weighted by Gasteiger charge is 2.27. The first-order valence-electron chi connectivity index (χ1n) is 5.41. The standard InChI is InChI=1S/C10H18N4O2/c1-10(2)15-5-8(6-16-10)11-4-9-12-7-14(3)13-9/h7-8,11H,4-6H2,1-3H3. The van der Waals surface area contributed by atoms with Gasteiger partial charge in [-0.15, -0.1) is 0 Å². The smallest absolute Gasteiger partial charge is 0.164 e. The van der Waals surface area contributed by atoms with E-state index in [0.29, 0.717) is 19.8 Å². The fourth-order valence-electron chi connectivity index (χ4n) is 1.51. The van der Waals surface area contributed by atoms with Gasteiger partial charge in [-0.2, -0.15) is 5.10 Å². The third kappa shape index (κ3) is 3.01. The van der Waals surface area contributed by atoms with Crippen LogP contribution in [0.2, 0.25) is 0 Å². The summed E-state index contributed by atoms with van der Waals surface area (Å²) in [6.07, 6.45) is 1.69. The number of nitrogens with one attached hydrogen (secondary N) is 1. The van der Waals surface area contributed by atoms with Crippen molar-refractivity contribution in [2.75, 3.05) is 13.2 Å². The molecule has 2 heterocycles. The van der Waals surface area contributed by atoms with E-state index in [-0.39, 0.29) is 6.04 Å². The summed E-state index contributed by atoms with van der Waals surface area (Å²) in [7, 11) is 1.85. The van der Waals surface area contributed by atoms with Crippen LogP contribution in [0.15, 0.2) is 6.33 Å². The third-order valence-electron chi connectivity index (χ3n) is 2.46. The van der Waals surface area contributed by atoms with Crippen LogP contribution in [0.5, 0.6) is 0 Å². The fourth-order valence-corrected chi connectivity index (χ4v) is 1.51. The lowest BCUT2D eigenvalue weighted by molar-refractivity contribution is -0.253. The number of ether oxygens (including phenoxy) is 2. The molecule has 0 aliphatic carbocycles. The molecule has 0 radical (unpaired) electrons. The predicted molar refractivity (Wildman–Crippen MR) is 57.6 cm³/mol. The molecule has 0 unspecified atom stereocenters. The van der Waals surface area contributed by atoms with Crippen molar-refractivity contribution < 1.29 is 9.47 Å². The molecule has 1 aliphatic rings. The number of hydrogen-bond acceptors (Lipinski definition) is 5. The van der Waals surface area contributed by atoms with Crippen molar-refractivity contribution in [3.05, 3.63) is 12.2 Å². The summed E-state index contributed by atoms with van der Waals surface area (Å²) in [5, 5.41) is 7.49. The van der Waals surface area contributed by atoms with E-state index in [2.05, 4.69) is 15.4 Å². The first-order chi connectivity index (χ1) is 7.55. The maximum atomic E-state index is 5.54. The average Bonchev–Trinajstić information content (AvgIpc) is 2.63. The molecule has 0 bridgehead atoms. The average molecular weight is 226 g/mol. The molecule has 0 spiro atoms. The highest BCUT2D eigenvalue weighted by Crippen LogP contribution is 2.16. The molecule has 1 aliphatic heterocycles. The normalized spacial score (nSPS) is 21.2. The quantitative estimate of drug-likeness (QED) is 0.789. The van der Waals surface area contributed by atoms with Gasteiger partial charge in [-0.05, 0) is 13.8 Å². The van der Waals surface area contributed by atoms with Gasteiger partial charge in [-0.25, -0.2) is 4.98 Å². The Morgan fingerprint density at radius 2 is 2.19 bits per heavy atom. The zero-order valence-corrected chi connectivity index (χ0v) is 9.93. The molecule has 1 aromatic heterocycles. The first kappa shape index (κ1) is 11.5. The molecule has 0 saturated carbocycles. The second-order valence-electron chi connectivity index (χ2n) is 4.43.